The predicted molar refractivity (Wildman–Crippen MR) is 498 cm³/mol. The first-order chi connectivity index (χ1) is 59.5. The fourth-order valence-electron chi connectivity index (χ4n) is 18.1. The molecule has 0 fully saturated rings. The maximum atomic E-state index is 5.29. The second-order valence-electron chi connectivity index (χ2n) is 30.6. The van der Waals surface area contributed by atoms with E-state index in [1.165, 1.54) is 98.0 Å². The summed E-state index contributed by atoms with van der Waals surface area (Å²) in [6.07, 6.45) is 0. The minimum absolute atomic E-state index is 0.618. The molecule has 6 heterocycles. The zero-order chi connectivity index (χ0) is 79.1. The Morgan fingerprint density at radius 1 is 0.158 bits per heavy atom. The van der Waals surface area contributed by atoms with Crippen molar-refractivity contribution in [3.63, 3.8) is 0 Å². The molecule has 0 amide bonds. The van der Waals surface area contributed by atoms with Crippen LogP contribution in [0.3, 0.4) is 0 Å². The highest BCUT2D eigenvalue weighted by Gasteiger charge is 2.26. The molecule has 0 spiro atoms. The van der Waals surface area contributed by atoms with E-state index in [9.17, 15) is 0 Å². The Hall–Kier alpha value is -16.2. The summed E-state index contributed by atoms with van der Waals surface area (Å²) in [7, 11) is 0. The molecule has 120 heavy (non-hydrogen) atoms. The van der Waals surface area contributed by atoms with Gasteiger partial charge in [0, 0.05) is 98.9 Å². The van der Waals surface area contributed by atoms with Crippen LogP contribution in [0.2, 0.25) is 0 Å². The van der Waals surface area contributed by atoms with E-state index in [2.05, 4.69) is 400 Å². The smallest absolute Gasteiger partial charge is 0.164 e. The lowest BCUT2D eigenvalue weighted by atomic mass is 10.0. The van der Waals surface area contributed by atoms with E-state index < -0.39 is 0 Å². The molecule has 0 aliphatic rings. The molecule has 9 nitrogen and oxygen atoms in total. The minimum atomic E-state index is 0.618. The third-order valence-corrected chi connectivity index (χ3v) is 23.6. The summed E-state index contributed by atoms with van der Waals surface area (Å²) in [5, 5.41) is 14.7. The maximum Gasteiger partial charge on any atom is 0.164 e. The Kier molecular flexibility index (Phi) is 16.7. The van der Waals surface area contributed by atoms with E-state index in [0.29, 0.717) is 23.3 Å². The van der Waals surface area contributed by atoms with Crippen molar-refractivity contribution in [3.8, 4) is 113 Å². The molecule has 24 aromatic rings. The molecule has 0 bridgehead atoms. The summed E-state index contributed by atoms with van der Waals surface area (Å²) in [4.78, 5) is 25.7. The van der Waals surface area contributed by atoms with Crippen LogP contribution < -0.4 is 0 Å². The van der Waals surface area contributed by atoms with Crippen LogP contribution in [0.15, 0.2) is 431 Å². The van der Waals surface area contributed by atoms with E-state index in [1.807, 2.05) is 48.5 Å². The third kappa shape index (κ3) is 11.9. The standard InChI is InChI=1S/C56H36N4.C55H35N5/c1-3-16-37(17-4-1)40-22-13-24-42(34-40)56-57-48(39-19-5-2-6-20-39)36-49(58-56)41-23-14-25-43(35-41)59-52-30-12-10-28-47(52)54-53(59)33-32-46-45-27-9-11-29-51(45)60(55(46)54)50-31-15-21-38-18-7-8-26-44(38)50;1-3-14-36(15-4-1)38-26-28-40(29-27-38)54-56-53(39-17-5-2-6-18-39)57-55(58-54)42-20-13-21-43(35-42)59-49-25-12-10-23-47(49)51-50(59)33-32-46-45-22-9-11-24-48(45)60(52(46)51)44-31-30-37-16-7-8-19-41(37)34-44/h1-36H;1-35H. The van der Waals surface area contributed by atoms with Gasteiger partial charge < -0.3 is 18.3 Å². The normalized spacial score (nSPS) is 11.7. The molecule has 0 aliphatic heterocycles. The van der Waals surface area contributed by atoms with E-state index in [0.717, 1.165) is 101 Å². The van der Waals surface area contributed by atoms with Gasteiger partial charge in [0.25, 0.3) is 0 Å². The molecule has 0 saturated heterocycles. The average molecular weight is 1530 g/mol. The van der Waals surface area contributed by atoms with Gasteiger partial charge in [0.1, 0.15) is 0 Å². The monoisotopic (exact) mass is 1530 g/mol. The van der Waals surface area contributed by atoms with Gasteiger partial charge in [0.05, 0.1) is 61.2 Å². The number of aromatic nitrogens is 9. The molecule has 0 aliphatic carbocycles. The van der Waals surface area contributed by atoms with Crippen LogP contribution in [0.4, 0.5) is 0 Å². The highest BCUT2D eigenvalue weighted by atomic mass is 15.1. The molecular formula is C111H71N9. The van der Waals surface area contributed by atoms with Gasteiger partial charge in [-0.05, 0) is 129 Å². The van der Waals surface area contributed by atoms with Crippen molar-refractivity contribution < 1.29 is 0 Å². The molecule has 0 atom stereocenters. The minimum Gasteiger partial charge on any atom is -0.309 e. The fourth-order valence-corrected chi connectivity index (χ4v) is 18.1. The Morgan fingerprint density at radius 2 is 0.525 bits per heavy atom. The van der Waals surface area contributed by atoms with Crippen LogP contribution in [0.1, 0.15) is 0 Å². The zero-order valence-corrected chi connectivity index (χ0v) is 65.0. The first-order valence-corrected chi connectivity index (χ1v) is 40.7. The number of para-hydroxylation sites is 4. The largest absolute Gasteiger partial charge is 0.309 e. The van der Waals surface area contributed by atoms with E-state index in [-0.39, 0.29) is 0 Å². The van der Waals surface area contributed by atoms with E-state index in [4.69, 9.17) is 24.9 Å². The lowest BCUT2D eigenvalue weighted by Crippen LogP contribution is -2.01. The highest BCUT2D eigenvalue weighted by Crippen LogP contribution is 2.46. The van der Waals surface area contributed by atoms with Gasteiger partial charge in [-0.3, -0.25) is 0 Å². The van der Waals surface area contributed by atoms with Crippen LogP contribution in [-0.2, 0) is 0 Å². The Bertz CT molecular complexity index is 8140. The van der Waals surface area contributed by atoms with E-state index in [1.54, 1.807) is 0 Å². The third-order valence-electron chi connectivity index (χ3n) is 23.6. The number of rotatable bonds is 12. The molecule has 6 aromatic heterocycles. The number of hydrogen-bond donors (Lipinski definition) is 0. The zero-order valence-electron chi connectivity index (χ0n) is 65.0. The van der Waals surface area contributed by atoms with Gasteiger partial charge in [-0.2, -0.15) is 0 Å². The summed E-state index contributed by atoms with van der Waals surface area (Å²) in [6.45, 7) is 0. The van der Waals surface area contributed by atoms with Crippen molar-refractivity contribution in [2.45, 2.75) is 0 Å². The van der Waals surface area contributed by atoms with Gasteiger partial charge in [-0.15, -0.1) is 0 Å². The Labute approximate surface area is 691 Å². The van der Waals surface area contributed by atoms with Crippen LogP contribution in [0, 0.1) is 0 Å². The van der Waals surface area contributed by atoms with Gasteiger partial charge in [-0.25, -0.2) is 24.9 Å². The van der Waals surface area contributed by atoms with Crippen molar-refractivity contribution in [1.29, 1.82) is 0 Å². The maximum absolute atomic E-state index is 5.29. The van der Waals surface area contributed by atoms with Crippen molar-refractivity contribution in [2.75, 3.05) is 0 Å². The van der Waals surface area contributed by atoms with Crippen LogP contribution >= 0.6 is 0 Å². The molecule has 0 unspecified atom stereocenters. The topological polar surface area (TPSA) is 84.2 Å². The first kappa shape index (κ1) is 69.3. The van der Waals surface area contributed by atoms with Crippen LogP contribution in [0.25, 0.3) is 222 Å². The molecule has 0 N–H and O–H groups in total. The number of benzene rings is 18. The summed E-state index contributed by atoms with van der Waals surface area (Å²) >= 11 is 0. The summed E-state index contributed by atoms with van der Waals surface area (Å²) in [5.74, 6) is 2.57. The first-order valence-electron chi connectivity index (χ1n) is 40.7. The highest BCUT2D eigenvalue weighted by molar-refractivity contribution is 6.28. The molecule has 560 valence electrons. The fraction of sp³-hybridized carbons (Fsp3) is 0. The van der Waals surface area contributed by atoms with Crippen LogP contribution in [0.5, 0.6) is 0 Å². The number of hydrogen-bond acceptors (Lipinski definition) is 5. The van der Waals surface area contributed by atoms with E-state index >= 15 is 0 Å². The summed E-state index contributed by atoms with van der Waals surface area (Å²) in [5.41, 5.74) is 25.9. The SMILES string of the molecule is c1ccc(-c2ccc(-c3nc(-c4ccccc4)nc(-c4cccc(-n5c6ccccc6c6c5ccc5c7ccccc7n(-c7ccc8ccccc8c7)c56)c4)n3)cc2)cc1.c1ccc(-c2cccc(-c3nc(-c4ccccc4)cc(-c4cccc(-n5c6ccccc6c6c5ccc5c7ccccc7n(-c7cccc8ccccc78)c56)c4)n3)c2)cc1. The quantitative estimate of drug-likeness (QED) is 0.122. The van der Waals surface area contributed by atoms with Gasteiger partial charge >= 0.3 is 0 Å². The van der Waals surface area contributed by atoms with Crippen LogP contribution in [-0.4, -0.2) is 43.2 Å². The Balaban J connectivity index is 0.000000140. The summed E-state index contributed by atoms with van der Waals surface area (Å²) in [6, 6.07) is 153. The second kappa shape index (κ2) is 28.9. The average Bonchev–Trinajstić information content (AvgIpc) is 1.55. The second-order valence-corrected chi connectivity index (χ2v) is 30.6. The molecule has 24 rings (SSSR count). The molecule has 9 heteroatoms. The molecule has 0 radical (unpaired) electrons. The van der Waals surface area contributed by atoms with Gasteiger partial charge in [-0.1, -0.05) is 340 Å². The van der Waals surface area contributed by atoms with Crippen molar-refractivity contribution in [3.05, 3.63) is 431 Å². The lowest BCUT2D eigenvalue weighted by molar-refractivity contribution is 1.07. The summed E-state index contributed by atoms with van der Waals surface area (Å²) < 4.78 is 9.75. The van der Waals surface area contributed by atoms with Crippen molar-refractivity contribution in [1.82, 2.24) is 43.2 Å². The molecular weight excluding hydrogens is 1460 g/mol. The molecule has 18 aromatic carbocycles. The Morgan fingerprint density at radius 3 is 1.12 bits per heavy atom. The van der Waals surface area contributed by atoms with Gasteiger partial charge in [0.2, 0.25) is 0 Å². The van der Waals surface area contributed by atoms with Crippen molar-refractivity contribution in [2.24, 2.45) is 0 Å². The molecule has 0 saturated carbocycles. The van der Waals surface area contributed by atoms with Crippen molar-refractivity contribution >= 4 is 109 Å². The number of fused-ring (bicyclic) bond motifs is 16. The lowest BCUT2D eigenvalue weighted by Gasteiger charge is -2.13. The van der Waals surface area contributed by atoms with Gasteiger partial charge in [0.15, 0.2) is 23.3 Å². The predicted octanol–water partition coefficient (Wildman–Crippen LogP) is 28.4. The number of nitrogens with zero attached hydrogens (tertiary/aromatic N) is 9.